The summed E-state index contributed by atoms with van der Waals surface area (Å²) in [6, 6.07) is 11.1. The molecule has 0 bridgehead atoms. The van der Waals surface area contributed by atoms with Crippen LogP contribution in [0.5, 0.6) is 0 Å². The molecule has 0 spiro atoms. The molecule has 1 atom stereocenters. The molecule has 2 aromatic rings. The number of aromatic nitrogens is 1. The van der Waals surface area contributed by atoms with Crippen molar-refractivity contribution in [2.45, 2.75) is 30.7 Å². The fourth-order valence-corrected chi connectivity index (χ4v) is 3.80. The van der Waals surface area contributed by atoms with Crippen molar-refractivity contribution < 1.29 is 13.2 Å². The van der Waals surface area contributed by atoms with E-state index in [4.69, 9.17) is 0 Å². The van der Waals surface area contributed by atoms with Crippen molar-refractivity contribution >= 4 is 16.1 Å². The number of pyridine rings is 1. The van der Waals surface area contributed by atoms with E-state index in [1.165, 1.54) is 17.0 Å². The van der Waals surface area contributed by atoms with Crippen LogP contribution >= 0.6 is 0 Å². The van der Waals surface area contributed by atoms with Crippen LogP contribution in [0, 0.1) is 6.92 Å². The topological polar surface area (TPSA) is 79.4 Å². The lowest BCUT2D eigenvalue weighted by atomic mass is 10.1. The van der Waals surface area contributed by atoms with Crippen molar-refractivity contribution in [3.8, 4) is 0 Å². The molecule has 1 N–H and O–H groups in total. The lowest BCUT2D eigenvalue weighted by Gasteiger charge is -2.24. The van der Waals surface area contributed by atoms with Gasteiger partial charge in [0.15, 0.2) is 0 Å². The second kappa shape index (κ2) is 6.60. The average molecular weight is 345 g/mol. The van der Waals surface area contributed by atoms with Gasteiger partial charge in [0, 0.05) is 12.7 Å². The number of sulfonamides is 1. The molecule has 3 rings (SSSR count). The summed E-state index contributed by atoms with van der Waals surface area (Å²) < 4.78 is 26.9. The second-order valence-electron chi connectivity index (χ2n) is 5.83. The van der Waals surface area contributed by atoms with E-state index >= 15 is 0 Å². The van der Waals surface area contributed by atoms with E-state index in [0.717, 1.165) is 24.1 Å². The minimum atomic E-state index is -3.88. The first-order valence-corrected chi connectivity index (χ1v) is 9.27. The first kappa shape index (κ1) is 16.4. The maximum Gasteiger partial charge on any atom is 0.331 e. The van der Waals surface area contributed by atoms with Gasteiger partial charge >= 0.3 is 6.03 Å². The fourth-order valence-electron chi connectivity index (χ4n) is 2.84. The van der Waals surface area contributed by atoms with Crippen LogP contribution in [0.25, 0.3) is 0 Å². The zero-order valence-corrected chi connectivity index (χ0v) is 14.2. The van der Waals surface area contributed by atoms with Crippen molar-refractivity contribution in [1.82, 2.24) is 14.6 Å². The molecular weight excluding hydrogens is 326 g/mol. The molecule has 7 heteroatoms. The summed E-state index contributed by atoms with van der Waals surface area (Å²) in [6.45, 7) is 2.38. The molecule has 1 aliphatic heterocycles. The van der Waals surface area contributed by atoms with Gasteiger partial charge < -0.3 is 4.90 Å². The van der Waals surface area contributed by atoms with Gasteiger partial charge in [-0.1, -0.05) is 23.8 Å². The van der Waals surface area contributed by atoms with Crippen molar-refractivity contribution in [3.63, 3.8) is 0 Å². The maximum atomic E-state index is 12.5. The summed E-state index contributed by atoms with van der Waals surface area (Å²) in [5.74, 6) is 0. The molecule has 0 aliphatic carbocycles. The summed E-state index contributed by atoms with van der Waals surface area (Å²) in [4.78, 5) is 18.4. The third kappa shape index (κ3) is 3.41. The Bertz CT molecular complexity index is 820. The van der Waals surface area contributed by atoms with Gasteiger partial charge in [-0.15, -0.1) is 0 Å². The predicted octanol–water partition coefficient (Wildman–Crippen LogP) is 2.63. The Kier molecular flexibility index (Phi) is 4.53. The van der Waals surface area contributed by atoms with Gasteiger partial charge in [-0.25, -0.2) is 17.9 Å². The molecule has 24 heavy (non-hydrogen) atoms. The lowest BCUT2D eigenvalue weighted by molar-refractivity contribution is 0.198. The number of carbonyl (C=O) groups is 1. The molecule has 1 fully saturated rings. The molecule has 2 heterocycles. The molecule has 1 saturated heterocycles. The Hall–Kier alpha value is -2.41. The Morgan fingerprint density at radius 2 is 1.96 bits per heavy atom. The molecule has 6 nitrogen and oxygen atoms in total. The first-order chi connectivity index (χ1) is 11.5. The van der Waals surface area contributed by atoms with E-state index < -0.39 is 16.1 Å². The Labute approximate surface area is 141 Å². The van der Waals surface area contributed by atoms with E-state index in [1.54, 1.807) is 18.3 Å². The van der Waals surface area contributed by atoms with Crippen LogP contribution in [0.3, 0.4) is 0 Å². The molecule has 1 aliphatic rings. The summed E-state index contributed by atoms with van der Waals surface area (Å²) in [6.07, 6.45) is 3.26. The molecule has 126 valence electrons. The third-order valence-corrected chi connectivity index (χ3v) is 5.43. The van der Waals surface area contributed by atoms with Gasteiger partial charge in [0.05, 0.1) is 16.6 Å². The highest BCUT2D eigenvalue weighted by molar-refractivity contribution is 7.90. The van der Waals surface area contributed by atoms with Crippen molar-refractivity contribution in [3.05, 3.63) is 59.9 Å². The summed E-state index contributed by atoms with van der Waals surface area (Å²) in [5, 5.41) is 0. The van der Waals surface area contributed by atoms with Crippen LogP contribution in [0.4, 0.5) is 4.79 Å². The smallest absolute Gasteiger partial charge is 0.315 e. The fraction of sp³-hybridized carbons (Fsp3) is 0.294. The number of hydrogen-bond donors (Lipinski definition) is 1. The predicted molar refractivity (Wildman–Crippen MR) is 89.8 cm³/mol. The third-order valence-electron chi connectivity index (χ3n) is 4.10. The van der Waals surface area contributed by atoms with E-state index in [0.29, 0.717) is 6.54 Å². The number of hydrogen-bond acceptors (Lipinski definition) is 4. The lowest BCUT2D eigenvalue weighted by Crippen LogP contribution is -2.42. The van der Waals surface area contributed by atoms with Crippen LogP contribution < -0.4 is 4.72 Å². The van der Waals surface area contributed by atoms with E-state index in [-0.39, 0.29) is 10.9 Å². The monoisotopic (exact) mass is 345 g/mol. The number of benzene rings is 1. The molecule has 1 aromatic carbocycles. The summed E-state index contributed by atoms with van der Waals surface area (Å²) >= 11 is 0. The number of nitrogens with zero attached hydrogens (tertiary/aromatic N) is 2. The molecule has 2 amide bonds. The molecule has 1 unspecified atom stereocenters. The largest absolute Gasteiger partial charge is 0.331 e. The van der Waals surface area contributed by atoms with Gasteiger partial charge in [-0.05, 0) is 44.0 Å². The molecule has 0 saturated carbocycles. The number of carbonyl (C=O) groups excluding carboxylic acids is 1. The number of nitrogens with one attached hydrogen (secondary N) is 1. The van der Waals surface area contributed by atoms with Gasteiger partial charge in [-0.3, -0.25) is 4.98 Å². The van der Waals surface area contributed by atoms with Crippen LogP contribution in [0.2, 0.25) is 0 Å². The number of rotatable bonds is 3. The quantitative estimate of drug-likeness (QED) is 0.927. The zero-order chi connectivity index (χ0) is 17.2. The number of likely N-dealkylation sites (tertiary alicyclic amines) is 1. The van der Waals surface area contributed by atoms with Crippen molar-refractivity contribution in [2.75, 3.05) is 6.54 Å². The minimum absolute atomic E-state index is 0.0787. The van der Waals surface area contributed by atoms with E-state index in [2.05, 4.69) is 9.71 Å². The van der Waals surface area contributed by atoms with E-state index in [9.17, 15) is 13.2 Å². The highest BCUT2D eigenvalue weighted by Crippen LogP contribution is 2.30. The van der Waals surface area contributed by atoms with Crippen molar-refractivity contribution in [2.24, 2.45) is 0 Å². The van der Waals surface area contributed by atoms with Crippen molar-refractivity contribution in [1.29, 1.82) is 0 Å². The van der Waals surface area contributed by atoms with Gasteiger partial charge in [0.25, 0.3) is 10.0 Å². The average Bonchev–Trinajstić information content (AvgIpc) is 3.05. The molecule has 0 radical (unpaired) electrons. The maximum absolute atomic E-state index is 12.5. The van der Waals surface area contributed by atoms with Crippen LogP contribution in [0.15, 0.2) is 53.6 Å². The Morgan fingerprint density at radius 1 is 1.21 bits per heavy atom. The van der Waals surface area contributed by atoms with Crippen LogP contribution in [-0.4, -0.2) is 30.9 Å². The second-order valence-corrected chi connectivity index (χ2v) is 7.51. The van der Waals surface area contributed by atoms with Gasteiger partial charge in [-0.2, -0.15) is 0 Å². The Balaban J connectivity index is 1.77. The summed E-state index contributed by atoms with van der Waals surface area (Å²) in [7, 11) is -3.88. The highest BCUT2D eigenvalue weighted by Gasteiger charge is 2.32. The van der Waals surface area contributed by atoms with Crippen LogP contribution in [0.1, 0.15) is 30.1 Å². The van der Waals surface area contributed by atoms with E-state index in [1.807, 2.05) is 25.1 Å². The van der Waals surface area contributed by atoms with Gasteiger partial charge in [0.2, 0.25) is 0 Å². The Morgan fingerprint density at radius 3 is 2.62 bits per heavy atom. The summed E-state index contributed by atoms with van der Waals surface area (Å²) in [5.41, 5.74) is 1.73. The minimum Gasteiger partial charge on any atom is -0.315 e. The number of urea groups is 1. The zero-order valence-electron chi connectivity index (χ0n) is 13.3. The number of aryl methyl sites for hydroxylation is 1. The van der Waals surface area contributed by atoms with Crippen LogP contribution in [-0.2, 0) is 10.0 Å². The molecule has 1 aromatic heterocycles. The molecular formula is C17H19N3O3S. The first-order valence-electron chi connectivity index (χ1n) is 7.78. The highest BCUT2D eigenvalue weighted by atomic mass is 32.2. The standard InChI is InChI=1S/C17H19N3O3S/c1-13-7-9-14(10-8-13)24(22,23)19-17(21)20-12-4-6-16(20)15-5-2-3-11-18-15/h2-3,5,7-11,16H,4,6,12H2,1H3,(H,19,21). The normalized spacial score (nSPS) is 17.7. The SMILES string of the molecule is Cc1ccc(S(=O)(=O)NC(=O)N2CCCC2c2ccccn2)cc1. The number of amides is 2. The van der Waals surface area contributed by atoms with Gasteiger partial charge in [0.1, 0.15) is 0 Å².